The zero-order chi connectivity index (χ0) is 22.1. The van der Waals surface area contributed by atoms with Crippen molar-refractivity contribution in [1.82, 2.24) is 25.4 Å². The standard InChI is InChI=1S/C22H35FN6S/c1-16(2)14-29-19(27-28-21(29)30-6)11-8-12-25-20(24-5)26-15-22(3,4)17-9-7-10-18(23)13-17/h7,9-10,13,16H,8,11-12,14-15H2,1-6H3,(H2,24,25,26). The van der Waals surface area contributed by atoms with Gasteiger partial charge in [-0.05, 0) is 36.3 Å². The molecule has 0 saturated carbocycles. The molecule has 0 aliphatic rings. The molecule has 1 heterocycles. The third-order valence-corrected chi connectivity index (χ3v) is 5.59. The zero-order valence-corrected chi connectivity index (χ0v) is 19.8. The molecule has 0 amide bonds. The lowest BCUT2D eigenvalue weighted by Crippen LogP contribution is -2.43. The highest BCUT2D eigenvalue weighted by Gasteiger charge is 2.21. The molecular weight excluding hydrogens is 399 g/mol. The number of benzene rings is 1. The van der Waals surface area contributed by atoms with Crippen molar-refractivity contribution in [1.29, 1.82) is 0 Å². The zero-order valence-electron chi connectivity index (χ0n) is 19.0. The summed E-state index contributed by atoms with van der Waals surface area (Å²) >= 11 is 1.63. The average Bonchev–Trinajstić information content (AvgIpc) is 3.08. The Bertz CT molecular complexity index is 831. The molecule has 0 spiro atoms. The maximum absolute atomic E-state index is 13.6. The van der Waals surface area contributed by atoms with Crippen LogP contribution in [-0.4, -0.2) is 47.1 Å². The largest absolute Gasteiger partial charge is 0.356 e. The summed E-state index contributed by atoms with van der Waals surface area (Å²) in [4.78, 5) is 4.31. The molecule has 2 aromatic rings. The molecule has 0 saturated heterocycles. The highest BCUT2D eigenvalue weighted by atomic mass is 32.2. The van der Waals surface area contributed by atoms with Gasteiger partial charge in [0.1, 0.15) is 11.6 Å². The van der Waals surface area contributed by atoms with Crippen molar-refractivity contribution in [3.63, 3.8) is 0 Å². The summed E-state index contributed by atoms with van der Waals surface area (Å²) in [6.45, 7) is 11.0. The van der Waals surface area contributed by atoms with E-state index >= 15 is 0 Å². The minimum atomic E-state index is -0.221. The Morgan fingerprint density at radius 3 is 2.67 bits per heavy atom. The lowest BCUT2D eigenvalue weighted by molar-refractivity contribution is 0.476. The maximum atomic E-state index is 13.6. The van der Waals surface area contributed by atoms with E-state index in [-0.39, 0.29) is 11.2 Å². The molecule has 1 aromatic heterocycles. The second-order valence-corrected chi connectivity index (χ2v) is 9.23. The Labute approximate surface area is 184 Å². The highest BCUT2D eigenvalue weighted by molar-refractivity contribution is 7.98. The van der Waals surface area contributed by atoms with Crippen molar-refractivity contribution in [2.24, 2.45) is 10.9 Å². The van der Waals surface area contributed by atoms with Gasteiger partial charge in [-0.3, -0.25) is 4.99 Å². The Morgan fingerprint density at radius 1 is 1.27 bits per heavy atom. The van der Waals surface area contributed by atoms with Crippen molar-refractivity contribution in [2.45, 2.75) is 57.7 Å². The number of guanidine groups is 1. The molecule has 30 heavy (non-hydrogen) atoms. The van der Waals surface area contributed by atoms with Crippen molar-refractivity contribution in [3.8, 4) is 0 Å². The number of hydrogen-bond acceptors (Lipinski definition) is 4. The smallest absolute Gasteiger partial charge is 0.191 e. The van der Waals surface area contributed by atoms with Gasteiger partial charge >= 0.3 is 0 Å². The van der Waals surface area contributed by atoms with E-state index in [9.17, 15) is 4.39 Å². The monoisotopic (exact) mass is 434 g/mol. The molecule has 0 atom stereocenters. The van der Waals surface area contributed by atoms with E-state index in [1.54, 1.807) is 30.9 Å². The van der Waals surface area contributed by atoms with Gasteiger partial charge in [0.05, 0.1) is 0 Å². The lowest BCUT2D eigenvalue weighted by atomic mass is 9.84. The molecule has 0 unspecified atom stereocenters. The van der Waals surface area contributed by atoms with E-state index in [0.29, 0.717) is 12.5 Å². The lowest BCUT2D eigenvalue weighted by Gasteiger charge is -2.27. The predicted molar refractivity (Wildman–Crippen MR) is 124 cm³/mol. The number of aryl methyl sites for hydroxylation is 1. The van der Waals surface area contributed by atoms with Crippen LogP contribution in [0.15, 0.2) is 34.4 Å². The van der Waals surface area contributed by atoms with E-state index < -0.39 is 0 Å². The Hall–Kier alpha value is -2.09. The van der Waals surface area contributed by atoms with Gasteiger partial charge in [-0.15, -0.1) is 10.2 Å². The van der Waals surface area contributed by atoms with E-state index in [1.807, 2.05) is 12.3 Å². The van der Waals surface area contributed by atoms with Crippen molar-refractivity contribution in [3.05, 3.63) is 41.5 Å². The number of thioether (sulfide) groups is 1. The summed E-state index contributed by atoms with van der Waals surface area (Å²) in [6, 6.07) is 6.77. The van der Waals surface area contributed by atoms with Crippen LogP contribution < -0.4 is 10.6 Å². The fourth-order valence-corrected chi connectivity index (χ4v) is 3.72. The van der Waals surface area contributed by atoms with Crippen LogP contribution >= 0.6 is 11.8 Å². The van der Waals surface area contributed by atoms with Crippen LogP contribution in [0.1, 0.15) is 45.5 Å². The number of hydrogen-bond donors (Lipinski definition) is 2. The van der Waals surface area contributed by atoms with Crippen LogP contribution in [0.3, 0.4) is 0 Å². The van der Waals surface area contributed by atoms with Gasteiger partial charge in [-0.25, -0.2) is 4.39 Å². The van der Waals surface area contributed by atoms with Crippen LogP contribution in [0, 0.1) is 11.7 Å². The van der Waals surface area contributed by atoms with Gasteiger partial charge < -0.3 is 15.2 Å². The molecule has 0 bridgehead atoms. The molecule has 8 heteroatoms. The minimum absolute atomic E-state index is 0.210. The highest BCUT2D eigenvalue weighted by Crippen LogP contribution is 2.22. The van der Waals surface area contributed by atoms with Crippen LogP contribution in [0.2, 0.25) is 0 Å². The molecule has 0 aliphatic carbocycles. The second kappa shape index (κ2) is 11.3. The molecular formula is C22H35FN6S. The summed E-state index contributed by atoms with van der Waals surface area (Å²) in [7, 11) is 1.76. The predicted octanol–water partition coefficient (Wildman–Crippen LogP) is 3.87. The van der Waals surface area contributed by atoms with Crippen molar-refractivity contribution < 1.29 is 4.39 Å². The second-order valence-electron chi connectivity index (χ2n) is 8.46. The summed E-state index contributed by atoms with van der Waals surface area (Å²) in [5, 5.41) is 16.4. The van der Waals surface area contributed by atoms with E-state index in [2.05, 4.69) is 58.1 Å². The molecule has 166 valence electrons. The van der Waals surface area contributed by atoms with E-state index in [0.717, 1.165) is 48.4 Å². The SMILES string of the molecule is CN=C(NCCCc1nnc(SC)n1CC(C)C)NCC(C)(C)c1cccc(F)c1. The summed E-state index contributed by atoms with van der Waals surface area (Å²) in [6.07, 6.45) is 3.82. The number of aromatic nitrogens is 3. The Kier molecular flexibility index (Phi) is 9.14. The van der Waals surface area contributed by atoms with Crippen LogP contribution in [0.4, 0.5) is 4.39 Å². The molecule has 6 nitrogen and oxygen atoms in total. The Balaban J connectivity index is 1.83. The fourth-order valence-electron chi connectivity index (χ4n) is 3.19. The number of aliphatic imine (C=N–C) groups is 1. The van der Waals surface area contributed by atoms with Gasteiger partial charge in [0.2, 0.25) is 0 Å². The molecule has 0 radical (unpaired) electrons. The van der Waals surface area contributed by atoms with Gasteiger partial charge in [0.25, 0.3) is 0 Å². The number of rotatable bonds is 10. The molecule has 2 rings (SSSR count). The van der Waals surface area contributed by atoms with Gasteiger partial charge in [-0.2, -0.15) is 0 Å². The number of halogens is 1. The summed E-state index contributed by atoms with van der Waals surface area (Å²) in [5.74, 6) is 2.12. The first-order valence-corrected chi connectivity index (χ1v) is 11.7. The average molecular weight is 435 g/mol. The first-order chi connectivity index (χ1) is 14.3. The molecule has 1 aromatic carbocycles. The molecule has 0 aliphatic heterocycles. The minimum Gasteiger partial charge on any atom is -0.356 e. The first kappa shape index (κ1) is 24.2. The van der Waals surface area contributed by atoms with Gasteiger partial charge in [0, 0.05) is 38.5 Å². The Morgan fingerprint density at radius 2 is 2.03 bits per heavy atom. The topological polar surface area (TPSA) is 67.1 Å². The van der Waals surface area contributed by atoms with Crippen LogP contribution in [0.5, 0.6) is 0 Å². The number of nitrogens with one attached hydrogen (secondary N) is 2. The van der Waals surface area contributed by atoms with Gasteiger partial charge in [-0.1, -0.05) is 51.6 Å². The van der Waals surface area contributed by atoms with Crippen LogP contribution in [0.25, 0.3) is 0 Å². The number of nitrogens with zero attached hydrogens (tertiary/aromatic N) is 4. The van der Waals surface area contributed by atoms with E-state index in [4.69, 9.17) is 0 Å². The van der Waals surface area contributed by atoms with Crippen molar-refractivity contribution >= 4 is 17.7 Å². The quantitative estimate of drug-likeness (QED) is 0.257. The van der Waals surface area contributed by atoms with Gasteiger partial charge in [0.15, 0.2) is 11.1 Å². The van der Waals surface area contributed by atoms with Crippen molar-refractivity contribution in [2.75, 3.05) is 26.4 Å². The third-order valence-electron chi connectivity index (χ3n) is 4.92. The summed E-state index contributed by atoms with van der Waals surface area (Å²) < 4.78 is 15.8. The molecule has 2 N–H and O–H groups in total. The van der Waals surface area contributed by atoms with E-state index in [1.165, 1.54) is 6.07 Å². The maximum Gasteiger partial charge on any atom is 0.191 e. The van der Waals surface area contributed by atoms with Crippen LogP contribution in [-0.2, 0) is 18.4 Å². The third kappa shape index (κ3) is 7.00. The molecule has 0 fully saturated rings. The fraction of sp³-hybridized carbons (Fsp3) is 0.591. The normalized spacial score (nSPS) is 12.5. The summed E-state index contributed by atoms with van der Waals surface area (Å²) in [5.41, 5.74) is 0.737. The first-order valence-electron chi connectivity index (χ1n) is 10.4.